The number of hydrogen-bond donors (Lipinski definition) is 2. The molecular formula is C15H24N4O4. The summed E-state index contributed by atoms with van der Waals surface area (Å²) in [5.41, 5.74) is 0.997. The molecule has 0 bridgehead atoms. The number of ether oxygens (including phenoxy) is 1. The van der Waals surface area contributed by atoms with E-state index in [1.165, 1.54) is 7.05 Å². The predicted octanol–water partition coefficient (Wildman–Crippen LogP) is 1.94. The zero-order valence-electron chi connectivity index (χ0n) is 14.2. The van der Waals surface area contributed by atoms with E-state index in [9.17, 15) is 14.8 Å². The first-order valence-electron chi connectivity index (χ1n) is 7.66. The maximum atomic E-state index is 12.5. The van der Waals surface area contributed by atoms with Crippen LogP contribution in [0.4, 0.5) is 4.79 Å². The highest BCUT2D eigenvalue weighted by Gasteiger charge is 2.35. The van der Waals surface area contributed by atoms with Gasteiger partial charge in [-0.1, -0.05) is 6.92 Å². The average molecular weight is 324 g/mol. The fourth-order valence-electron chi connectivity index (χ4n) is 2.61. The summed E-state index contributed by atoms with van der Waals surface area (Å²) >= 11 is 0. The second-order valence-electron chi connectivity index (χ2n) is 6.73. The van der Waals surface area contributed by atoms with E-state index < -0.39 is 17.6 Å². The first-order chi connectivity index (χ1) is 10.6. The summed E-state index contributed by atoms with van der Waals surface area (Å²) in [5, 5.41) is 16.7. The van der Waals surface area contributed by atoms with E-state index in [0.29, 0.717) is 17.0 Å². The molecule has 128 valence electrons. The van der Waals surface area contributed by atoms with Gasteiger partial charge in [-0.05, 0) is 27.2 Å². The Morgan fingerprint density at radius 3 is 2.65 bits per heavy atom. The first kappa shape index (κ1) is 17.3. The summed E-state index contributed by atoms with van der Waals surface area (Å²) in [7, 11) is 1.24. The van der Waals surface area contributed by atoms with E-state index >= 15 is 0 Å². The van der Waals surface area contributed by atoms with Gasteiger partial charge in [0.2, 0.25) is 0 Å². The molecule has 2 N–H and O–H groups in total. The molecule has 1 aromatic rings. The van der Waals surface area contributed by atoms with E-state index in [1.807, 2.05) is 27.7 Å². The average Bonchev–Trinajstić information content (AvgIpc) is 2.85. The number of carbonyl (C=O) groups is 2. The highest BCUT2D eigenvalue weighted by molar-refractivity contribution is 5.93. The Balaban J connectivity index is 2.30. The number of nitrogens with zero attached hydrogens (tertiary/aromatic N) is 3. The molecule has 2 amide bonds. The lowest BCUT2D eigenvalue weighted by atomic mass is 9.97. The van der Waals surface area contributed by atoms with Crippen molar-refractivity contribution in [2.75, 3.05) is 7.05 Å². The minimum Gasteiger partial charge on any atom is -0.444 e. The van der Waals surface area contributed by atoms with Crippen LogP contribution < -0.4 is 0 Å². The van der Waals surface area contributed by atoms with Crippen LogP contribution >= 0.6 is 0 Å². The monoisotopic (exact) mass is 324 g/mol. The fourth-order valence-corrected chi connectivity index (χ4v) is 2.61. The lowest BCUT2D eigenvalue weighted by Gasteiger charge is -2.36. The standard InChI is InChI=1S/C15H24N4O4/c1-6-9-7-11-10(12(17-16-11)13(20)18(5)22)8-19(9)14(21)23-15(2,3)4/h9,22H,6-8H2,1-5H3,(H,16,17). The van der Waals surface area contributed by atoms with Gasteiger partial charge in [-0.15, -0.1) is 0 Å². The summed E-state index contributed by atoms with van der Waals surface area (Å²) in [6.07, 6.45) is 0.924. The molecule has 0 spiro atoms. The summed E-state index contributed by atoms with van der Waals surface area (Å²) in [5.74, 6) is -0.610. The topological polar surface area (TPSA) is 98.8 Å². The van der Waals surface area contributed by atoms with E-state index in [2.05, 4.69) is 10.2 Å². The molecule has 2 heterocycles. The Morgan fingerprint density at radius 2 is 2.13 bits per heavy atom. The van der Waals surface area contributed by atoms with Crippen molar-refractivity contribution < 1.29 is 19.5 Å². The molecular weight excluding hydrogens is 300 g/mol. The normalized spacial score (nSPS) is 17.7. The third-order valence-corrected chi connectivity index (χ3v) is 3.76. The molecule has 0 aliphatic carbocycles. The van der Waals surface area contributed by atoms with Crippen molar-refractivity contribution in [1.82, 2.24) is 20.2 Å². The number of aromatic amines is 1. The van der Waals surface area contributed by atoms with Crippen molar-refractivity contribution in [3.05, 3.63) is 17.0 Å². The summed E-state index contributed by atoms with van der Waals surface area (Å²) in [6, 6.07) is -0.0207. The van der Waals surface area contributed by atoms with Crippen LogP contribution in [0.25, 0.3) is 0 Å². The van der Waals surface area contributed by atoms with Gasteiger partial charge in [0.05, 0.1) is 6.54 Å². The number of rotatable bonds is 2. The highest BCUT2D eigenvalue weighted by Crippen LogP contribution is 2.28. The van der Waals surface area contributed by atoms with Crippen LogP contribution in [0.1, 0.15) is 55.9 Å². The number of aromatic nitrogens is 2. The Morgan fingerprint density at radius 1 is 1.48 bits per heavy atom. The van der Waals surface area contributed by atoms with Crippen LogP contribution in [0.15, 0.2) is 0 Å². The van der Waals surface area contributed by atoms with Crippen LogP contribution in [0.3, 0.4) is 0 Å². The minimum absolute atomic E-state index is 0.0207. The first-order valence-corrected chi connectivity index (χ1v) is 7.66. The van der Waals surface area contributed by atoms with Crippen LogP contribution in [-0.4, -0.2) is 56.1 Å². The predicted molar refractivity (Wildman–Crippen MR) is 82.0 cm³/mol. The smallest absolute Gasteiger partial charge is 0.410 e. The van der Waals surface area contributed by atoms with Crippen molar-refractivity contribution in [2.24, 2.45) is 0 Å². The second-order valence-corrected chi connectivity index (χ2v) is 6.73. The fraction of sp³-hybridized carbons (Fsp3) is 0.667. The van der Waals surface area contributed by atoms with E-state index in [-0.39, 0.29) is 18.3 Å². The van der Waals surface area contributed by atoms with Crippen molar-refractivity contribution in [3.63, 3.8) is 0 Å². The number of H-pyrrole nitrogens is 1. The molecule has 0 saturated carbocycles. The van der Waals surface area contributed by atoms with Crippen LogP contribution in [0.5, 0.6) is 0 Å². The van der Waals surface area contributed by atoms with Crippen molar-refractivity contribution in [2.45, 2.75) is 58.7 Å². The molecule has 2 rings (SSSR count). The number of amides is 2. The largest absolute Gasteiger partial charge is 0.444 e. The number of hydrogen-bond acceptors (Lipinski definition) is 5. The highest BCUT2D eigenvalue weighted by atomic mass is 16.6. The van der Waals surface area contributed by atoms with Gasteiger partial charge in [0.25, 0.3) is 5.91 Å². The molecule has 0 saturated heterocycles. The molecule has 1 aliphatic rings. The zero-order valence-corrected chi connectivity index (χ0v) is 14.2. The van der Waals surface area contributed by atoms with Gasteiger partial charge in [-0.2, -0.15) is 5.10 Å². The van der Waals surface area contributed by atoms with E-state index in [1.54, 1.807) is 4.90 Å². The molecule has 1 unspecified atom stereocenters. The molecule has 8 heteroatoms. The van der Waals surface area contributed by atoms with Gasteiger partial charge in [0.15, 0.2) is 5.69 Å². The number of nitrogens with one attached hydrogen (secondary N) is 1. The lowest BCUT2D eigenvalue weighted by Crippen LogP contribution is -2.46. The van der Waals surface area contributed by atoms with Gasteiger partial charge >= 0.3 is 6.09 Å². The van der Waals surface area contributed by atoms with Crippen molar-refractivity contribution >= 4 is 12.0 Å². The van der Waals surface area contributed by atoms with E-state index in [4.69, 9.17) is 4.74 Å². The van der Waals surface area contributed by atoms with Gasteiger partial charge in [-0.25, -0.2) is 9.86 Å². The zero-order chi connectivity index (χ0) is 17.4. The van der Waals surface area contributed by atoms with Crippen LogP contribution in [-0.2, 0) is 17.7 Å². The maximum Gasteiger partial charge on any atom is 0.410 e. The van der Waals surface area contributed by atoms with Crippen molar-refractivity contribution in [1.29, 1.82) is 0 Å². The van der Waals surface area contributed by atoms with Crippen molar-refractivity contribution in [3.8, 4) is 0 Å². The maximum absolute atomic E-state index is 12.5. The molecule has 0 radical (unpaired) electrons. The molecule has 1 aromatic heterocycles. The Bertz CT molecular complexity index is 603. The molecule has 1 aliphatic heterocycles. The molecule has 0 fully saturated rings. The SMILES string of the molecule is CCC1Cc2[nH]nc(C(=O)N(C)O)c2CN1C(=O)OC(C)(C)C. The van der Waals surface area contributed by atoms with Gasteiger partial charge in [-0.3, -0.25) is 15.1 Å². The third-order valence-electron chi connectivity index (χ3n) is 3.76. The Hall–Kier alpha value is -2.09. The number of hydroxylamine groups is 2. The van der Waals surface area contributed by atoms with Crippen LogP contribution in [0, 0.1) is 0 Å². The lowest BCUT2D eigenvalue weighted by molar-refractivity contribution is -0.0381. The summed E-state index contributed by atoms with van der Waals surface area (Å²) in [6.45, 7) is 7.67. The molecule has 23 heavy (non-hydrogen) atoms. The molecule has 8 nitrogen and oxygen atoms in total. The van der Waals surface area contributed by atoms with Gasteiger partial charge in [0, 0.05) is 30.8 Å². The van der Waals surface area contributed by atoms with E-state index in [0.717, 1.165) is 12.1 Å². The number of carbonyl (C=O) groups excluding carboxylic acids is 2. The second kappa shape index (κ2) is 6.19. The van der Waals surface area contributed by atoms with Gasteiger partial charge in [0.1, 0.15) is 5.60 Å². The number of fused-ring (bicyclic) bond motifs is 1. The molecule has 0 aromatic carbocycles. The Labute approximate surface area is 135 Å². The molecule has 1 atom stereocenters. The Kier molecular flexibility index (Phi) is 4.65. The van der Waals surface area contributed by atoms with Crippen LogP contribution in [0.2, 0.25) is 0 Å². The third kappa shape index (κ3) is 3.64. The minimum atomic E-state index is -0.610. The quantitative estimate of drug-likeness (QED) is 0.640. The summed E-state index contributed by atoms with van der Waals surface area (Å²) < 4.78 is 5.46. The van der Waals surface area contributed by atoms with Gasteiger partial charge < -0.3 is 9.64 Å². The summed E-state index contributed by atoms with van der Waals surface area (Å²) in [4.78, 5) is 26.1.